The molecule has 0 heterocycles. The topological polar surface area (TPSA) is 23.8 Å². The number of halogens is 3. The van der Waals surface area contributed by atoms with Crippen LogP contribution in [0.1, 0.15) is 62.8 Å². The van der Waals surface area contributed by atoms with E-state index in [2.05, 4.69) is 6.58 Å². The van der Waals surface area contributed by atoms with Crippen LogP contribution in [0, 0.1) is 40.7 Å². The van der Waals surface area contributed by atoms with E-state index in [-0.39, 0.29) is 0 Å². The van der Waals surface area contributed by atoms with Crippen LogP contribution in [0.25, 0.3) is 0 Å². The minimum absolute atomic E-state index is 0.303. The summed E-state index contributed by atoms with van der Waals surface area (Å²) < 4.78 is 39.5. The number of rotatable bonds is 5. The molecule has 0 spiro atoms. The van der Waals surface area contributed by atoms with Gasteiger partial charge in [-0.25, -0.2) is 8.78 Å². The fourth-order valence-corrected chi connectivity index (χ4v) is 4.91. The first kappa shape index (κ1) is 21.4. The maximum Gasteiger partial charge on any atom is 0.199 e. The minimum atomic E-state index is -0.785. The largest absolute Gasteiger partial charge is 0.204 e. The van der Waals surface area contributed by atoms with Gasteiger partial charge in [0, 0.05) is 0 Å². The maximum absolute atomic E-state index is 13.5. The van der Waals surface area contributed by atoms with Crippen molar-refractivity contribution in [1.29, 1.82) is 5.26 Å². The average molecular weight is 400 g/mol. The van der Waals surface area contributed by atoms with Gasteiger partial charge >= 0.3 is 0 Å². The number of nitrogens with zero attached hydrogens (tertiary/aromatic N) is 1. The zero-order valence-electron chi connectivity index (χ0n) is 16.7. The number of benzene rings is 1. The molecule has 0 unspecified atom stereocenters. The fourth-order valence-electron chi connectivity index (χ4n) is 4.91. The third kappa shape index (κ3) is 5.63. The second-order valence-corrected chi connectivity index (χ2v) is 8.42. The van der Waals surface area contributed by atoms with Gasteiger partial charge in [0.25, 0.3) is 0 Å². The van der Waals surface area contributed by atoms with Gasteiger partial charge in [-0.15, -0.1) is 0 Å². The smallest absolute Gasteiger partial charge is 0.199 e. The van der Waals surface area contributed by atoms with Crippen LogP contribution in [0.2, 0.25) is 0 Å². The highest BCUT2D eigenvalue weighted by Crippen LogP contribution is 2.43. The van der Waals surface area contributed by atoms with Crippen LogP contribution in [0.4, 0.5) is 13.2 Å². The number of allylic oxidation sites excluding steroid dienone is 5. The molecule has 3 rings (SSSR count). The Morgan fingerprint density at radius 1 is 0.966 bits per heavy atom. The standard InChI is InChI=1S/C25H28F3N/c1-17(19-7-5-18(6-8-19)3-2-4-23(26)16-29)20-9-11-21(12-10-20)22-13-14-24(27)25(28)15-22/h2-4,13-15,18-21H,1,5-12H2. The molecule has 2 fully saturated rings. The summed E-state index contributed by atoms with van der Waals surface area (Å²) in [5, 5.41) is 8.43. The lowest BCUT2D eigenvalue weighted by atomic mass is 9.70. The molecule has 4 heteroatoms. The second kappa shape index (κ2) is 9.96. The molecule has 29 heavy (non-hydrogen) atoms. The lowest BCUT2D eigenvalue weighted by Crippen LogP contribution is -2.22. The van der Waals surface area contributed by atoms with E-state index in [1.165, 1.54) is 29.9 Å². The highest BCUT2D eigenvalue weighted by molar-refractivity contribution is 5.23. The normalized spacial score (nSPS) is 28.3. The van der Waals surface area contributed by atoms with Crippen molar-refractivity contribution < 1.29 is 13.2 Å². The molecule has 1 aromatic carbocycles. The van der Waals surface area contributed by atoms with E-state index in [1.54, 1.807) is 12.1 Å². The van der Waals surface area contributed by atoms with E-state index in [0.717, 1.165) is 56.9 Å². The van der Waals surface area contributed by atoms with Crippen molar-refractivity contribution >= 4 is 0 Å². The Morgan fingerprint density at radius 3 is 2.17 bits per heavy atom. The molecule has 0 aromatic heterocycles. The van der Waals surface area contributed by atoms with Gasteiger partial charge in [-0.05, 0) is 98.8 Å². The second-order valence-electron chi connectivity index (χ2n) is 8.42. The first-order valence-electron chi connectivity index (χ1n) is 10.6. The summed E-state index contributed by atoms with van der Waals surface area (Å²) >= 11 is 0. The van der Waals surface area contributed by atoms with Gasteiger partial charge in [0.05, 0.1) is 0 Å². The van der Waals surface area contributed by atoms with Gasteiger partial charge in [-0.3, -0.25) is 0 Å². The average Bonchev–Trinajstić information content (AvgIpc) is 2.75. The summed E-state index contributed by atoms with van der Waals surface area (Å²) in [4.78, 5) is 0. The molecular weight excluding hydrogens is 371 g/mol. The van der Waals surface area contributed by atoms with E-state index in [1.807, 2.05) is 6.08 Å². The van der Waals surface area contributed by atoms with E-state index in [4.69, 9.17) is 5.26 Å². The van der Waals surface area contributed by atoms with Crippen LogP contribution >= 0.6 is 0 Å². The summed E-state index contributed by atoms with van der Waals surface area (Å²) in [7, 11) is 0. The van der Waals surface area contributed by atoms with E-state index in [9.17, 15) is 13.2 Å². The molecule has 0 N–H and O–H groups in total. The summed E-state index contributed by atoms with van der Waals surface area (Å²) in [6.45, 7) is 4.42. The van der Waals surface area contributed by atoms with Crippen LogP contribution < -0.4 is 0 Å². The lowest BCUT2D eigenvalue weighted by molar-refractivity contribution is 0.289. The van der Waals surface area contributed by atoms with Crippen molar-refractivity contribution in [3.63, 3.8) is 0 Å². The molecule has 0 aliphatic heterocycles. The van der Waals surface area contributed by atoms with Gasteiger partial charge in [-0.1, -0.05) is 30.4 Å². The van der Waals surface area contributed by atoms with E-state index >= 15 is 0 Å². The number of nitriles is 1. The summed E-state index contributed by atoms with van der Waals surface area (Å²) in [5.74, 6) is -0.514. The van der Waals surface area contributed by atoms with Gasteiger partial charge in [-0.2, -0.15) is 9.65 Å². The van der Waals surface area contributed by atoms with Gasteiger partial charge in [0.1, 0.15) is 6.07 Å². The van der Waals surface area contributed by atoms with Crippen molar-refractivity contribution in [2.45, 2.75) is 57.3 Å². The maximum atomic E-state index is 13.5. The molecule has 1 nitrogen and oxygen atoms in total. The Labute approximate surface area is 171 Å². The van der Waals surface area contributed by atoms with E-state index in [0.29, 0.717) is 23.7 Å². The van der Waals surface area contributed by atoms with Crippen LogP contribution in [0.5, 0.6) is 0 Å². The minimum Gasteiger partial charge on any atom is -0.204 e. The predicted molar refractivity (Wildman–Crippen MR) is 110 cm³/mol. The molecule has 1 aromatic rings. The number of hydrogen-bond acceptors (Lipinski definition) is 1. The first-order valence-corrected chi connectivity index (χ1v) is 10.6. The molecule has 0 bridgehead atoms. The molecule has 2 aliphatic carbocycles. The zero-order chi connectivity index (χ0) is 20.8. The highest BCUT2D eigenvalue weighted by Gasteiger charge is 2.29. The fraction of sp³-hybridized carbons (Fsp3) is 0.480. The van der Waals surface area contributed by atoms with Crippen molar-refractivity contribution in [1.82, 2.24) is 0 Å². The zero-order valence-corrected chi connectivity index (χ0v) is 16.7. The Balaban J connectivity index is 1.46. The van der Waals surface area contributed by atoms with Crippen LogP contribution in [-0.4, -0.2) is 0 Å². The Kier molecular flexibility index (Phi) is 7.36. The van der Waals surface area contributed by atoms with Gasteiger partial charge in [0.2, 0.25) is 0 Å². The van der Waals surface area contributed by atoms with Gasteiger partial charge in [0.15, 0.2) is 17.5 Å². The van der Waals surface area contributed by atoms with Crippen molar-refractivity contribution in [2.24, 2.45) is 17.8 Å². The molecule has 2 aliphatic rings. The van der Waals surface area contributed by atoms with Crippen LogP contribution in [0.3, 0.4) is 0 Å². The molecular formula is C25H28F3N. The summed E-state index contributed by atoms with van der Waals surface area (Å²) in [6, 6.07) is 5.77. The van der Waals surface area contributed by atoms with Crippen LogP contribution in [-0.2, 0) is 0 Å². The Morgan fingerprint density at radius 2 is 1.59 bits per heavy atom. The van der Waals surface area contributed by atoms with Crippen molar-refractivity contribution in [2.75, 3.05) is 0 Å². The van der Waals surface area contributed by atoms with Crippen molar-refractivity contribution in [3.05, 3.63) is 71.6 Å². The Bertz CT molecular complexity index is 817. The third-order valence-corrected chi connectivity index (χ3v) is 6.70. The van der Waals surface area contributed by atoms with Gasteiger partial charge < -0.3 is 0 Å². The molecule has 154 valence electrons. The molecule has 0 radical (unpaired) electrons. The SMILES string of the molecule is C=C(C1CCC(C=CC=C(F)C#N)CC1)C1CCC(c2ccc(F)c(F)c2)CC1. The quantitative estimate of drug-likeness (QED) is 0.285. The van der Waals surface area contributed by atoms with Crippen LogP contribution in [0.15, 0.2) is 54.4 Å². The third-order valence-electron chi connectivity index (χ3n) is 6.70. The first-order chi connectivity index (χ1) is 14.0. The monoisotopic (exact) mass is 399 g/mol. The molecule has 0 atom stereocenters. The molecule has 2 saturated carbocycles. The number of hydrogen-bond donors (Lipinski definition) is 0. The van der Waals surface area contributed by atoms with Crippen molar-refractivity contribution in [3.8, 4) is 6.07 Å². The highest BCUT2D eigenvalue weighted by atomic mass is 19.2. The molecule has 0 saturated heterocycles. The molecule has 0 amide bonds. The summed E-state index contributed by atoms with van der Waals surface area (Å²) in [5.41, 5.74) is 2.26. The predicted octanol–water partition coefficient (Wildman–Crippen LogP) is 7.53. The summed E-state index contributed by atoms with van der Waals surface area (Å²) in [6.07, 6.45) is 13.3. The lowest BCUT2D eigenvalue weighted by Gasteiger charge is -2.36. The Hall–Kier alpha value is -2.28. The van der Waals surface area contributed by atoms with E-state index < -0.39 is 17.5 Å².